The fourth-order valence-corrected chi connectivity index (χ4v) is 5.02. The van der Waals surface area contributed by atoms with Crippen molar-refractivity contribution in [3.05, 3.63) is 52.4 Å². The first-order valence-electron chi connectivity index (χ1n) is 12.3. The smallest absolute Gasteiger partial charge is 0.326 e. The minimum atomic E-state index is -0.0758. The van der Waals surface area contributed by atoms with Crippen molar-refractivity contribution in [3.8, 4) is 5.75 Å². The molecule has 8 heteroatoms. The third-order valence-electron chi connectivity index (χ3n) is 7.13. The van der Waals surface area contributed by atoms with Crippen LogP contribution in [0.25, 0.3) is 11.0 Å². The number of benzene rings is 2. The van der Waals surface area contributed by atoms with Gasteiger partial charge in [-0.15, -0.1) is 0 Å². The van der Waals surface area contributed by atoms with Gasteiger partial charge >= 0.3 is 5.69 Å². The first kappa shape index (κ1) is 24.9. The largest absolute Gasteiger partial charge is 0.496 e. The van der Waals surface area contributed by atoms with Crippen LogP contribution in [0.4, 0.5) is 11.4 Å². The van der Waals surface area contributed by atoms with Gasteiger partial charge in [-0.25, -0.2) is 4.79 Å². The maximum Gasteiger partial charge on any atom is 0.326 e. The van der Waals surface area contributed by atoms with Gasteiger partial charge in [0.05, 0.1) is 23.8 Å². The third-order valence-corrected chi connectivity index (χ3v) is 7.13. The van der Waals surface area contributed by atoms with Gasteiger partial charge in [0.15, 0.2) is 0 Å². The molecule has 0 spiro atoms. The van der Waals surface area contributed by atoms with Crippen molar-refractivity contribution in [1.82, 2.24) is 14.5 Å². The number of hydrogen-bond donors (Lipinski definition) is 2. The van der Waals surface area contributed by atoms with Gasteiger partial charge in [-0.2, -0.15) is 0 Å². The van der Waals surface area contributed by atoms with E-state index in [1.807, 2.05) is 41.8 Å². The molecule has 0 saturated heterocycles. The summed E-state index contributed by atoms with van der Waals surface area (Å²) >= 11 is 0. The van der Waals surface area contributed by atoms with E-state index in [-0.39, 0.29) is 23.6 Å². The summed E-state index contributed by atoms with van der Waals surface area (Å²) < 4.78 is 7.27. The van der Waals surface area contributed by atoms with Crippen LogP contribution in [0.5, 0.6) is 5.75 Å². The molecule has 1 aromatic heterocycles. The molecule has 35 heavy (non-hydrogen) atoms. The molecule has 1 aliphatic rings. The van der Waals surface area contributed by atoms with E-state index in [1.165, 1.54) is 0 Å². The second-order valence-corrected chi connectivity index (χ2v) is 9.88. The number of carbonyl (C=O) groups is 1. The van der Waals surface area contributed by atoms with Crippen LogP contribution in [-0.4, -0.2) is 61.7 Å². The molecule has 2 aromatic carbocycles. The van der Waals surface area contributed by atoms with Crippen LogP contribution in [0.1, 0.15) is 37.3 Å². The van der Waals surface area contributed by atoms with Crippen LogP contribution in [0.3, 0.4) is 0 Å². The molecule has 0 unspecified atom stereocenters. The topological polar surface area (TPSA) is 82.6 Å². The van der Waals surface area contributed by atoms with E-state index in [1.54, 1.807) is 7.11 Å². The van der Waals surface area contributed by atoms with E-state index < -0.39 is 0 Å². The van der Waals surface area contributed by atoms with E-state index in [0.717, 1.165) is 72.5 Å². The first-order chi connectivity index (χ1) is 16.8. The number of hydrogen-bond acceptors (Lipinski definition) is 5. The highest BCUT2D eigenvalue weighted by molar-refractivity contribution is 5.93. The number of H-pyrrole nitrogens is 1. The van der Waals surface area contributed by atoms with Crippen LogP contribution in [0.2, 0.25) is 0 Å². The highest BCUT2D eigenvalue weighted by atomic mass is 16.5. The summed E-state index contributed by atoms with van der Waals surface area (Å²) in [5.41, 5.74) is 4.55. The number of fused-ring (bicyclic) bond motifs is 1. The van der Waals surface area contributed by atoms with Gasteiger partial charge in [0, 0.05) is 43.9 Å². The number of carbonyl (C=O) groups excluding carboxylic acids is 1. The van der Waals surface area contributed by atoms with E-state index in [4.69, 9.17) is 4.74 Å². The van der Waals surface area contributed by atoms with Gasteiger partial charge in [-0.3, -0.25) is 9.36 Å². The summed E-state index contributed by atoms with van der Waals surface area (Å²) in [6, 6.07) is 11.9. The molecular formula is C27H37N5O3. The molecule has 0 atom stereocenters. The highest BCUT2D eigenvalue weighted by Gasteiger charge is 2.29. The van der Waals surface area contributed by atoms with Gasteiger partial charge in [0.1, 0.15) is 5.75 Å². The summed E-state index contributed by atoms with van der Waals surface area (Å²) in [7, 11) is 7.80. The number of anilines is 2. The molecule has 1 heterocycles. The Labute approximate surface area is 206 Å². The lowest BCUT2D eigenvalue weighted by Crippen LogP contribution is -2.31. The summed E-state index contributed by atoms with van der Waals surface area (Å²) in [6.45, 7) is 3.77. The minimum Gasteiger partial charge on any atom is -0.496 e. The summed E-state index contributed by atoms with van der Waals surface area (Å²) in [4.78, 5) is 33.4. The van der Waals surface area contributed by atoms with E-state index in [2.05, 4.69) is 47.3 Å². The number of aryl methyl sites for hydroxylation is 1. The fraction of sp³-hybridized carbons (Fsp3) is 0.481. The van der Waals surface area contributed by atoms with E-state index in [9.17, 15) is 9.59 Å². The van der Waals surface area contributed by atoms with Crippen molar-refractivity contribution in [3.63, 3.8) is 0 Å². The molecule has 4 rings (SSSR count). The van der Waals surface area contributed by atoms with Crippen molar-refractivity contribution in [1.29, 1.82) is 0 Å². The number of likely N-dealkylation sites (N-methyl/N-ethyl adjacent to an activating group) is 2. The van der Waals surface area contributed by atoms with Gasteiger partial charge in [0.2, 0.25) is 5.91 Å². The molecule has 1 aliphatic carbocycles. The van der Waals surface area contributed by atoms with Crippen molar-refractivity contribution < 1.29 is 9.53 Å². The third kappa shape index (κ3) is 5.37. The van der Waals surface area contributed by atoms with Crippen LogP contribution >= 0.6 is 0 Å². The Kier molecular flexibility index (Phi) is 7.50. The lowest BCUT2D eigenvalue weighted by molar-refractivity contribution is -0.121. The normalized spacial score (nSPS) is 18.1. The number of amides is 1. The number of para-hydroxylation sites is 1. The zero-order valence-electron chi connectivity index (χ0n) is 21.4. The summed E-state index contributed by atoms with van der Waals surface area (Å²) in [5, 5.41) is 3.04. The lowest BCUT2D eigenvalue weighted by Gasteiger charge is -2.29. The molecule has 3 aromatic rings. The average molecular weight is 480 g/mol. The molecule has 1 fully saturated rings. The van der Waals surface area contributed by atoms with Gasteiger partial charge in [-0.1, -0.05) is 12.1 Å². The lowest BCUT2D eigenvalue weighted by atomic mass is 9.85. The predicted octanol–water partition coefficient (Wildman–Crippen LogP) is 4.01. The predicted molar refractivity (Wildman–Crippen MR) is 142 cm³/mol. The Bertz CT molecular complexity index is 1240. The van der Waals surface area contributed by atoms with Crippen LogP contribution in [0, 0.1) is 12.8 Å². The maximum atomic E-state index is 13.0. The Hall–Kier alpha value is -3.26. The molecule has 0 bridgehead atoms. The molecule has 0 radical (unpaired) electrons. The minimum absolute atomic E-state index is 0.0328. The summed E-state index contributed by atoms with van der Waals surface area (Å²) in [5.74, 6) is 0.731. The zero-order chi connectivity index (χ0) is 25.1. The number of ether oxygens (including phenoxy) is 1. The van der Waals surface area contributed by atoms with Crippen molar-refractivity contribution in [2.45, 2.75) is 38.6 Å². The molecule has 0 aliphatic heterocycles. The molecule has 1 saturated carbocycles. The van der Waals surface area contributed by atoms with Crippen LogP contribution in [0.15, 0.2) is 41.2 Å². The maximum absolute atomic E-state index is 13.0. The Morgan fingerprint density at radius 1 is 1.11 bits per heavy atom. The number of aromatic nitrogens is 2. The molecule has 8 nitrogen and oxygen atoms in total. The second kappa shape index (κ2) is 10.6. The van der Waals surface area contributed by atoms with Crippen molar-refractivity contribution >= 4 is 28.3 Å². The van der Waals surface area contributed by atoms with Crippen LogP contribution < -0.4 is 20.6 Å². The molecule has 188 valence electrons. The number of nitrogens with one attached hydrogen (secondary N) is 2. The number of rotatable bonds is 8. The standard InChI is InChI=1S/C27H37N5O3/c1-18-9-12-20(17-24(18)35-5)28-26(33)19-10-13-21(14-11-19)32-23-8-6-7-22(25(23)29-27(32)34)31(4)16-15-30(2)3/h6-9,12,17,19,21H,10-11,13-16H2,1-5H3,(H,28,33)(H,29,34)/t19-,21+. The Morgan fingerprint density at radius 2 is 1.86 bits per heavy atom. The number of nitrogens with zero attached hydrogens (tertiary/aromatic N) is 3. The van der Waals surface area contributed by atoms with Gasteiger partial charge < -0.3 is 24.8 Å². The molecule has 2 N–H and O–H groups in total. The monoisotopic (exact) mass is 479 g/mol. The van der Waals surface area contributed by atoms with Gasteiger partial charge in [-0.05, 0) is 70.5 Å². The molecular weight excluding hydrogens is 442 g/mol. The quantitative estimate of drug-likeness (QED) is 0.510. The van der Waals surface area contributed by atoms with Crippen LogP contribution in [-0.2, 0) is 4.79 Å². The number of methoxy groups -OCH3 is 1. The summed E-state index contributed by atoms with van der Waals surface area (Å²) in [6.07, 6.45) is 3.09. The van der Waals surface area contributed by atoms with Crippen molar-refractivity contribution in [2.75, 3.05) is 51.6 Å². The first-order valence-corrected chi connectivity index (χ1v) is 12.3. The SMILES string of the molecule is COc1cc(NC(=O)[C@H]2CC[C@@H](n3c(=O)[nH]c4c(N(C)CCN(C)C)cccc43)CC2)ccc1C. The number of imidazole rings is 1. The van der Waals surface area contributed by atoms with E-state index in [0.29, 0.717) is 0 Å². The number of aromatic amines is 1. The van der Waals surface area contributed by atoms with Gasteiger partial charge in [0.25, 0.3) is 0 Å². The Balaban J connectivity index is 1.45. The van der Waals surface area contributed by atoms with E-state index >= 15 is 0 Å². The average Bonchev–Trinajstić information content (AvgIpc) is 3.19. The molecule has 1 amide bonds. The Morgan fingerprint density at radius 3 is 2.54 bits per heavy atom. The highest BCUT2D eigenvalue weighted by Crippen LogP contribution is 2.35. The second-order valence-electron chi connectivity index (χ2n) is 9.88. The fourth-order valence-electron chi connectivity index (χ4n) is 5.02. The van der Waals surface area contributed by atoms with Crippen molar-refractivity contribution in [2.24, 2.45) is 5.92 Å². The zero-order valence-corrected chi connectivity index (χ0v) is 21.4.